The Kier molecular flexibility index (Phi) is 10.4. The van der Waals surface area contributed by atoms with E-state index in [1.807, 2.05) is 36.4 Å². The van der Waals surface area contributed by atoms with Gasteiger partial charge in [0.05, 0.1) is 6.04 Å². The molecule has 2 aromatic rings. The number of hydrogen-bond acceptors (Lipinski definition) is 5. The summed E-state index contributed by atoms with van der Waals surface area (Å²) >= 11 is 0. The minimum Gasteiger partial charge on any atom is -0.480 e. The minimum atomic E-state index is -1.16. The summed E-state index contributed by atoms with van der Waals surface area (Å²) in [5.41, 5.74) is 7.67. The fourth-order valence-electron chi connectivity index (χ4n) is 3.47. The molecule has 0 bridgehead atoms. The Balaban J connectivity index is 2.06. The first kappa shape index (κ1) is 27.5. The Labute approximate surface area is 205 Å². The molecular formula is C26H34N4O5. The lowest BCUT2D eigenvalue weighted by Gasteiger charge is -2.25. The number of aliphatic carboxylic acids is 1. The SMILES string of the molecule is CC(C)[C@H](NC(=O)[C@H](Cc1ccccc1)NC(=O)[C@H](C)NC(=O)[C@@H](N)Cc1ccccc1)C(=O)O. The van der Waals surface area contributed by atoms with E-state index in [4.69, 9.17) is 5.73 Å². The van der Waals surface area contributed by atoms with E-state index in [1.165, 1.54) is 6.92 Å². The highest BCUT2D eigenvalue weighted by atomic mass is 16.4. The number of carboxylic acids is 1. The fraction of sp³-hybridized carbons (Fsp3) is 0.385. The molecule has 0 radical (unpaired) electrons. The molecule has 4 atom stereocenters. The smallest absolute Gasteiger partial charge is 0.326 e. The molecule has 0 saturated heterocycles. The zero-order valence-corrected chi connectivity index (χ0v) is 20.2. The molecule has 0 heterocycles. The van der Waals surface area contributed by atoms with Crippen molar-refractivity contribution >= 4 is 23.7 Å². The van der Waals surface area contributed by atoms with Gasteiger partial charge in [0.15, 0.2) is 0 Å². The van der Waals surface area contributed by atoms with Gasteiger partial charge in [-0.05, 0) is 30.4 Å². The standard InChI is InChI=1S/C26H34N4O5/c1-16(2)22(26(34)35)30-25(33)21(15-19-12-8-5-9-13-19)29-23(31)17(3)28-24(32)20(27)14-18-10-6-4-7-11-18/h4-13,16-17,20-22H,14-15,27H2,1-3H3,(H,28,32)(H,29,31)(H,30,33)(H,34,35)/t17-,20-,21-,22-/m0/s1. The van der Waals surface area contributed by atoms with Crippen LogP contribution < -0.4 is 21.7 Å². The summed E-state index contributed by atoms with van der Waals surface area (Å²) in [6.45, 7) is 4.86. The van der Waals surface area contributed by atoms with Crippen molar-refractivity contribution in [1.82, 2.24) is 16.0 Å². The quantitative estimate of drug-likeness (QED) is 0.305. The Hall–Kier alpha value is -3.72. The van der Waals surface area contributed by atoms with Gasteiger partial charge >= 0.3 is 5.97 Å². The fourth-order valence-corrected chi connectivity index (χ4v) is 3.47. The monoisotopic (exact) mass is 482 g/mol. The first-order chi connectivity index (χ1) is 16.6. The summed E-state index contributed by atoms with van der Waals surface area (Å²) in [7, 11) is 0. The van der Waals surface area contributed by atoms with Gasteiger partial charge in [0.1, 0.15) is 18.1 Å². The average molecular weight is 483 g/mol. The summed E-state index contributed by atoms with van der Waals surface area (Å²) in [5, 5.41) is 17.2. The van der Waals surface area contributed by atoms with Crippen molar-refractivity contribution in [2.24, 2.45) is 11.7 Å². The van der Waals surface area contributed by atoms with E-state index >= 15 is 0 Å². The van der Waals surface area contributed by atoms with E-state index in [1.54, 1.807) is 38.1 Å². The number of hydrogen-bond donors (Lipinski definition) is 5. The molecule has 0 fully saturated rings. The maximum atomic E-state index is 13.0. The third-order valence-electron chi connectivity index (χ3n) is 5.53. The molecule has 0 saturated carbocycles. The number of carbonyl (C=O) groups is 4. The second-order valence-electron chi connectivity index (χ2n) is 8.85. The second kappa shape index (κ2) is 13.2. The maximum Gasteiger partial charge on any atom is 0.326 e. The highest BCUT2D eigenvalue weighted by Crippen LogP contribution is 2.07. The van der Waals surface area contributed by atoms with Gasteiger partial charge in [0, 0.05) is 6.42 Å². The van der Waals surface area contributed by atoms with Gasteiger partial charge in [0.25, 0.3) is 0 Å². The molecule has 0 aliphatic rings. The molecule has 188 valence electrons. The number of rotatable bonds is 12. The minimum absolute atomic E-state index is 0.150. The molecule has 0 spiro atoms. The predicted molar refractivity (Wildman–Crippen MR) is 132 cm³/mol. The number of nitrogens with two attached hydrogens (primary N) is 1. The first-order valence-corrected chi connectivity index (χ1v) is 11.6. The lowest BCUT2D eigenvalue weighted by Crippen LogP contribution is -2.57. The van der Waals surface area contributed by atoms with E-state index in [0.717, 1.165) is 11.1 Å². The van der Waals surface area contributed by atoms with Gasteiger partial charge < -0.3 is 26.8 Å². The molecule has 2 rings (SSSR count). The van der Waals surface area contributed by atoms with Crippen molar-refractivity contribution in [1.29, 1.82) is 0 Å². The molecule has 0 aliphatic carbocycles. The second-order valence-corrected chi connectivity index (χ2v) is 8.85. The molecular weight excluding hydrogens is 448 g/mol. The third kappa shape index (κ3) is 8.86. The van der Waals surface area contributed by atoms with Gasteiger partial charge in [-0.15, -0.1) is 0 Å². The number of nitrogens with one attached hydrogen (secondary N) is 3. The van der Waals surface area contributed by atoms with E-state index in [-0.39, 0.29) is 12.3 Å². The molecule has 3 amide bonds. The van der Waals surface area contributed by atoms with Gasteiger partial charge in [-0.1, -0.05) is 74.5 Å². The summed E-state index contributed by atoms with van der Waals surface area (Å²) < 4.78 is 0. The number of benzene rings is 2. The van der Waals surface area contributed by atoms with Crippen LogP contribution in [0.2, 0.25) is 0 Å². The van der Waals surface area contributed by atoms with E-state index in [0.29, 0.717) is 6.42 Å². The number of carboxylic acid groups (broad SMARTS) is 1. The molecule has 0 unspecified atom stereocenters. The van der Waals surface area contributed by atoms with Crippen molar-refractivity contribution in [2.75, 3.05) is 0 Å². The van der Waals surface area contributed by atoms with E-state index in [2.05, 4.69) is 16.0 Å². The Morgan fingerprint density at radius 3 is 1.74 bits per heavy atom. The Morgan fingerprint density at radius 1 is 0.743 bits per heavy atom. The van der Waals surface area contributed by atoms with Crippen LogP contribution in [0.1, 0.15) is 31.9 Å². The van der Waals surface area contributed by atoms with Crippen LogP contribution in [0.3, 0.4) is 0 Å². The van der Waals surface area contributed by atoms with Crippen molar-refractivity contribution in [2.45, 2.75) is 57.8 Å². The molecule has 9 nitrogen and oxygen atoms in total. The average Bonchev–Trinajstić information content (AvgIpc) is 2.82. The van der Waals surface area contributed by atoms with Crippen LogP contribution in [-0.4, -0.2) is 53.0 Å². The summed E-state index contributed by atoms with van der Waals surface area (Å²) in [6.07, 6.45) is 0.461. The zero-order chi connectivity index (χ0) is 26.0. The van der Waals surface area contributed by atoms with Gasteiger partial charge in [-0.25, -0.2) is 4.79 Å². The van der Waals surface area contributed by atoms with Crippen molar-refractivity contribution in [3.05, 3.63) is 71.8 Å². The topological polar surface area (TPSA) is 151 Å². The van der Waals surface area contributed by atoms with E-state index in [9.17, 15) is 24.3 Å². The summed E-state index contributed by atoms with van der Waals surface area (Å²) in [5.74, 6) is -3.22. The van der Waals surface area contributed by atoms with Crippen LogP contribution in [0.25, 0.3) is 0 Å². The molecule has 0 aliphatic heterocycles. The Morgan fingerprint density at radius 2 is 1.26 bits per heavy atom. The molecule has 0 aromatic heterocycles. The lowest BCUT2D eigenvalue weighted by atomic mass is 10.0. The van der Waals surface area contributed by atoms with Gasteiger partial charge in [-0.2, -0.15) is 0 Å². The highest BCUT2D eigenvalue weighted by Gasteiger charge is 2.30. The lowest BCUT2D eigenvalue weighted by molar-refractivity contribution is -0.143. The van der Waals surface area contributed by atoms with Crippen molar-refractivity contribution in [3.8, 4) is 0 Å². The largest absolute Gasteiger partial charge is 0.480 e. The summed E-state index contributed by atoms with van der Waals surface area (Å²) in [6, 6.07) is 14.4. The van der Waals surface area contributed by atoms with Crippen molar-refractivity contribution in [3.63, 3.8) is 0 Å². The first-order valence-electron chi connectivity index (χ1n) is 11.6. The van der Waals surface area contributed by atoms with Crippen LogP contribution in [0.4, 0.5) is 0 Å². The molecule has 6 N–H and O–H groups in total. The van der Waals surface area contributed by atoms with Crippen LogP contribution in [0.15, 0.2) is 60.7 Å². The van der Waals surface area contributed by atoms with Crippen molar-refractivity contribution < 1.29 is 24.3 Å². The maximum absolute atomic E-state index is 13.0. The number of carbonyl (C=O) groups excluding carboxylic acids is 3. The summed E-state index contributed by atoms with van der Waals surface area (Å²) in [4.78, 5) is 49.9. The van der Waals surface area contributed by atoms with Gasteiger partial charge in [-0.3, -0.25) is 14.4 Å². The molecule has 9 heteroatoms. The van der Waals surface area contributed by atoms with Crippen LogP contribution in [-0.2, 0) is 32.0 Å². The zero-order valence-electron chi connectivity index (χ0n) is 20.2. The van der Waals surface area contributed by atoms with E-state index < -0.39 is 47.9 Å². The number of amides is 3. The van der Waals surface area contributed by atoms with Gasteiger partial charge in [0.2, 0.25) is 17.7 Å². The van der Waals surface area contributed by atoms with Crippen LogP contribution >= 0.6 is 0 Å². The normalized spacial score (nSPS) is 14.3. The Bertz CT molecular complexity index is 997. The predicted octanol–water partition coefficient (Wildman–Crippen LogP) is 1.01. The van der Waals surface area contributed by atoms with Crippen LogP contribution in [0, 0.1) is 5.92 Å². The highest BCUT2D eigenvalue weighted by molar-refractivity contribution is 5.94. The third-order valence-corrected chi connectivity index (χ3v) is 5.53. The molecule has 2 aromatic carbocycles. The molecule has 35 heavy (non-hydrogen) atoms. The van der Waals surface area contributed by atoms with Crippen LogP contribution in [0.5, 0.6) is 0 Å².